The lowest BCUT2D eigenvalue weighted by Crippen LogP contribution is -2.52. The van der Waals surface area contributed by atoms with E-state index < -0.39 is 49.6 Å². The van der Waals surface area contributed by atoms with Gasteiger partial charge in [0.2, 0.25) is 11.8 Å². The Kier molecular flexibility index (Phi) is 8.26. The van der Waals surface area contributed by atoms with Gasteiger partial charge in [-0.2, -0.15) is 13.2 Å². The third-order valence-corrected chi connectivity index (χ3v) is 12.4. The Bertz CT molecular complexity index is 1410. The number of nitrogens with zero attached hydrogens (tertiary/aromatic N) is 3. The van der Waals surface area contributed by atoms with Crippen molar-refractivity contribution in [2.75, 3.05) is 11.9 Å². The Morgan fingerprint density at radius 1 is 1.14 bits per heavy atom. The summed E-state index contributed by atoms with van der Waals surface area (Å²) < 4.78 is 52.9. The number of piperidine rings is 1. The minimum Gasteiger partial charge on any atom is -0.410 e. The number of aromatic nitrogens is 1. The SMILES string of the molecule is CN(C(=O)Oc1ccc2c(c1)C(=O)N(C1CCC(=O)NC1=O)C2)c1ccc(C(O[Si](C)(C)C(C)(C)C)C(F)(F)F)nc1. The fourth-order valence-corrected chi connectivity index (χ4v) is 5.59. The van der Waals surface area contributed by atoms with E-state index in [1.807, 2.05) is 20.8 Å². The molecule has 0 radical (unpaired) electrons. The van der Waals surface area contributed by atoms with Gasteiger partial charge in [0.05, 0.1) is 17.6 Å². The van der Waals surface area contributed by atoms with Gasteiger partial charge in [0, 0.05) is 25.6 Å². The number of ether oxygens (including phenoxy) is 1. The number of carbonyl (C=O) groups is 4. The van der Waals surface area contributed by atoms with Crippen LogP contribution in [0.4, 0.5) is 23.7 Å². The number of hydrogen-bond acceptors (Lipinski definition) is 7. The van der Waals surface area contributed by atoms with Crippen LogP contribution in [-0.4, -0.2) is 61.3 Å². The number of fused-ring (bicyclic) bond motifs is 1. The van der Waals surface area contributed by atoms with Crippen LogP contribution >= 0.6 is 0 Å². The molecular weight excluding hydrogens is 573 g/mol. The van der Waals surface area contributed by atoms with E-state index >= 15 is 0 Å². The summed E-state index contributed by atoms with van der Waals surface area (Å²) in [7, 11) is -1.42. The second kappa shape index (κ2) is 11.1. The van der Waals surface area contributed by atoms with Crippen LogP contribution in [0, 0.1) is 0 Å². The van der Waals surface area contributed by atoms with E-state index in [1.54, 1.807) is 19.2 Å². The lowest BCUT2D eigenvalue weighted by molar-refractivity contribution is -0.202. The standard InChI is InChI=1S/C28H33F3N4O6Si/c1-27(2,3)42(5,6)41-23(28(29,30)31)20-10-8-17(14-32-20)34(4)26(39)40-18-9-7-16-15-35(25(38)19(16)13-18)21-11-12-22(36)33-24(21)37/h7-10,13-14,21,23H,11-12,15H2,1-6H3,(H,33,36,37). The molecule has 4 rings (SSSR count). The molecular formula is C28H33F3N4O6Si. The van der Waals surface area contributed by atoms with Gasteiger partial charge in [0.1, 0.15) is 11.8 Å². The number of imide groups is 1. The molecule has 2 aliphatic rings. The van der Waals surface area contributed by atoms with E-state index in [4.69, 9.17) is 9.16 Å². The molecule has 4 amide bonds. The molecule has 2 aliphatic heterocycles. The summed E-state index contributed by atoms with van der Waals surface area (Å²) in [5, 5.41) is 1.79. The van der Waals surface area contributed by atoms with Crippen molar-refractivity contribution in [1.29, 1.82) is 0 Å². The van der Waals surface area contributed by atoms with Crippen molar-refractivity contribution < 1.29 is 41.5 Å². The maximum Gasteiger partial charge on any atom is 0.419 e. The first-order chi connectivity index (χ1) is 19.4. The number of rotatable bonds is 6. The molecule has 226 valence electrons. The summed E-state index contributed by atoms with van der Waals surface area (Å²) in [6.07, 6.45) is -6.28. The molecule has 14 heteroatoms. The Morgan fingerprint density at radius 3 is 2.40 bits per heavy atom. The van der Waals surface area contributed by atoms with E-state index in [0.29, 0.717) is 5.56 Å². The van der Waals surface area contributed by atoms with Gasteiger partial charge in [0.25, 0.3) is 5.91 Å². The quantitative estimate of drug-likeness (QED) is 0.359. The Morgan fingerprint density at radius 2 is 1.83 bits per heavy atom. The van der Waals surface area contributed by atoms with Crippen molar-refractivity contribution in [3.8, 4) is 5.75 Å². The van der Waals surface area contributed by atoms with Crippen LogP contribution in [-0.2, 0) is 20.6 Å². The first-order valence-electron chi connectivity index (χ1n) is 13.3. The van der Waals surface area contributed by atoms with Gasteiger partial charge in [-0.1, -0.05) is 26.8 Å². The Labute approximate surface area is 242 Å². The van der Waals surface area contributed by atoms with Crippen molar-refractivity contribution in [2.45, 2.75) is 76.6 Å². The minimum absolute atomic E-state index is 0.0635. The van der Waals surface area contributed by atoms with E-state index in [1.165, 1.54) is 36.2 Å². The summed E-state index contributed by atoms with van der Waals surface area (Å²) in [4.78, 5) is 56.0. The van der Waals surface area contributed by atoms with Gasteiger partial charge in [-0.15, -0.1) is 0 Å². The summed E-state index contributed by atoms with van der Waals surface area (Å²) in [5.41, 5.74) is 0.754. The van der Waals surface area contributed by atoms with E-state index in [-0.39, 0.29) is 48.0 Å². The number of pyridine rings is 1. The molecule has 0 spiro atoms. The molecule has 2 aromatic rings. The number of halogens is 3. The smallest absolute Gasteiger partial charge is 0.410 e. The molecule has 0 saturated carbocycles. The van der Waals surface area contributed by atoms with Gasteiger partial charge >= 0.3 is 12.3 Å². The van der Waals surface area contributed by atoms with Crippen molar-refractivity contribution in [3.63, 3.8) is 0 Å². The largest absolute Gasteiger partial charge is 0.419 e. The average Bonchev–Trinajstić information content (AvgIpc) is 3.21. The van der Waals surface area contributed by atoms with E-state index in [2.05, 4.69) is 10.3 Å². The van der Waals surface area contributed by atoms with Crippen molar-refractivity contribution in [2.24, 2.45) is 0 Å². The maximum atomic E-state index is 14.0. The first kappa shape index (κ1) is 31.2. The predicted molar refractivity (Wildman–Crippen MR) is 148 cm³/mol. The highest BCUT2D eigenvalue weighted by atomic mass is 28.4. The molecule has 3 heterocycles. The predicted octanol–water partition coefficient (Wildman–Crippen LogP) is 5.10. The van der Waals surface area contributed by atoms with Crippen LogP contribution < -0.4 is 15.0 Å². The summed E-state index contributed by atoms with van der Waals surface area (Å²) >= 11 is 0. The summed E-state index contributed by atoms with van der Waals surface area (Å²) in [6.45, 7) is 9.15. The van der Waals surface area contributed by atoms with Crippen LogP contribution in [0.2, 0.25) is 18.1 Å². The number of nitrogens with one attached hydrogen (secondary N) is 1. The number of amides is 4. The highest BCUT2D eigenvalue weighted by Crippen LogP contribution is 2.44. The molecule has 10 nitrogen and oxygen atoms in total. The minimum atomic E-state index is -4.69. The molecule has 0 bridgehead atoms. The van der Waals surface area contributed by atoms with Crippen LogP contribution in [0.1, 0.15) is 61.3 Å². The number of hydrogen-bond donors (Lipinski definition) is 1. The van der Waals surface area contributed by atoms with Crippen LogP contribution in [0.5, 0.6) is 5.75 Å². The molecule has 1 fully saturated rings. The van der Waals surface area contributed by atoms with Crippen LogP contribution in [0.3, 0.4) is 0 Å². The summed E-state index contributed by atoms with van der Waals surface area (Å²) in [6, 6.07) is 6.21. The van der Waals surface area contributed by atoms with Gasteiger partial charge in [-0.05, 0) is 54.4 Å². The Balaban J connectivity index is 1.45. The van der Waals surface area contributed by atoms with Crippen LogP contribution in [0.15, 0.2) is 36.5 Å². The highest BCUT2D eigenvalue weighted by molar-refractivity contribution is 6.74. The van der Waals surface area contributed by atoms with Gasteiger partial charge in [-0.3, -0.25) is 29.6 Å². The fraction of sp³-hybridized carbons (Fsp3) is 0.464. The zero-order valence-electron chi connectivity index (χ0n) is 24.2. The number of carbonyl (C=O) groups excluding carboxylic acids is 4. The topological polar surface area (TPSA) is 118 Å². The molecule has 1 aromatic carbocycles. The number of benzene rings is 1. The highest BCUT2D eigenvalue weighted by Gasteiger charge is 2.49. The second-order valence-electron chi connectivity index (χ2n) is 11.9. The average molecular weight is 607 g/mol. The molecule has 1 saturated heterocycles. The molecule has 2 atom stereocenters. The number of anilines is 1. The van der Waals surface area contributed by atoms with Crippen molar-refractivity contribution >= 4 is 37.8 Å². The maximum absolute atomic E-state index is 14.0. The lowest BCUT2D eigenvalue weighted by Gasteiger charge is -2.39. The fourth-order valence-electron chi connectivity index (χ4n) is 4.39. The van der Waals surface area contributed by atoms with E-state index in [9.17, 15) is 32.3 Å². The van der Waals surface area contributed by atoms with Gasteiger partial charge in [-0.25, -0.2) is 4.79 Å². The number of alkyl halides is 3. The molecule has 1 N–H and O–H groups in total. The van der Waals surface area contributed by atoms with E-state index in [0.717, 1.165) is 11.1 Å². The zero-order valence-corrected chi connectivity index (χ0v) is 25.2. The Hall–Kier alpha value is -3.78. The van der Waals surface area contributed by atoms with Crippen molar-refractivity contribution in [3.05, 3.63) is 53.3 Å². The normalized spacial score (nSPS) is 18.5. The van der Waals surface area contributed by atoms with Crippen molar-refractivity contribution in [1.82, 2.24) is 15.2 Å². The monoisotopic (exact) mass is 606 g/mol. The lowest BCUT2D eigenvalue weighted by atomic mass is 10.0. The molecule has 1 aromatic heterocycles. The molecule has 42 heavy (non-hydrogen) atoms. The zero-order chi connectivity index (χ0) is 31.2. The first-order valence-corrected chi connectivity index (χ1v) is 16.2. The van der Waals surface area contributed by atoms with Gasteiger partial charge < -0.3 is 14.1 Å². The molecule has 2 unspecified atom stereocenters. The molecule has 0 aliphatic carbocycles. The van der Waals surface area contributed by atoms with Gasteiger partial charge in [0.15, 0.2) is 14.4 Å². The summed E-state index contributed by atoms with van der Waals surface area (Å²) in [5.74, 6) is -1.28. The second-order valence-corrected chi connectivity index (χ2v) is 16.6. The van der Waals surface area contributed by atoms with Crippen LogP contribution in [0.25, 0.3) is 0 Å². The third-order valence-electron chi connectivity index (χ3n) is 7.92. The third kappa shape index (κ3) is 6.33.